The van der Waals surface area contributed by atoms with Crippen molar-refractivity contribution in [1.82, 2.24) is 14.5 Å². The molecular formula is C11H20ClN3. The van der Waals surface area contributed by atoms with Crippen LogP contribution < -0.4 is 0 Å². The van der Waals surface area contributed by atoms with Crippen molar-refractivity contribution in [2.24, 2.45) is 7.05 Å². The summed E-state index contributed by atoms with van der Waals surface area (Å²) in [5, 5.41) is 0. The van der Waals surface area contributed by atoms with Crippen molar-refractivity contribution >= 4 is 11.6 Å². The number of halogens is 1. The van der Waals surface area contributed by atoms with Crippen molar-refractivity contribution in [3.05, 3.63) is 18.2 Å². The van der Waals surface area contributed by atoms with Gasteiger partial charge in [0.15, 0.2) is 0 Å². The van der Waals surface area contributed by atoms with E-state index in [1.165, 1.54) is 0 Å². The molecule has 0 atom stereocenters. The van der Waals surface area contributed by atoms with Gasteiger partial charge in [0, 0.05) is 50.9 Å². The van der Waals surface area contributed by atoms with Crippen LogP contribution >= 0.6 is 11.6 Å². The van der Waals surface area contributed by atoms with E-state index in [4.69, 9.17) is 11.6 Å². The summed E-state index contributed by atoms with van der Waals surface area (Å²) >= 11 is 5.77. The second-order valence-corrected chi connectivity index (χ2v) is 4.40. The molecular weight excluding hydrogens is 210 g/mol. The number of nitrogens with zero attached hydrogens (tertiary/aromatic N) is 3. The molecule has 0 unspecified atom stereocenters. The van der Waals surface area contributed by atoms with E-state index in [0.717, 1.165) is 25.3 Å². The maximum atomic E-state index is 5.77. The normalized spacial score (nSPS) is 11.6. The van der Waals surface area contributed by atoms with E-state index in [-0.39, 0.29) is 0 Å². The Kier molecular flexibility index (Phi) is 5.12. The van der Waals surface area contributed by atoms with E-state index in [0.29, 0.717) is 11.9 Å². The summed E-state index contributed by atoms with van der Waals surface area (Å²) in [5.41, 5.74) is 0. The molecule has 4 heteroatoms. The first-order valence-corrected chi connectivity index (χ1v) is 5.94. The van der Waals surface area contributed by atoms with Crippen LogP contribution in [0.4, 0.5) is 0 Å². The van der Waals surface area contributed by atoms with Crippen LogP contribution in [0.5, 0.6) is 0 Å². The second-order valence-electron chi connectivity index (χ2n) is 4.02. The van der Waals surface area contributed by atoms with Crippen LogP contribution in [0, 0.1) is 0 Å². The van der Waals surface area contributed by atoms with Gasteiger partial charge in [0.05, 0.1) is 0 Å². The van der Waals surface area contributed by atoms with E-state index < -0.39 is 0 Å². The first-order valence-electron chi connectivity index (χ1n) is 5.41. The van der Waals surface area contributed by atoms with Crippen LogP contribution in [0.2, 0.25) is 0 Å². The second kappa shape index (κ2) is 6.13. The lowest BCUT2D eigenvalue weighted by Crippen LogP contribution is -2.34. The highest BCUT2D eigenvalue weighted by Crippen LogP contribution is 2.02. The standard InChI is InChI=1S/C11H20ClN3/c1-10(2)15(8-5-12)7-4-11-13-6-9-14(11)3/h6,9-10H,4-5,7-8H2,1-3H3. The fourth-order valence-corrected chi connectivity index (χ4v) is 1.83. The van der Waals surface area contributed by atoms with Crippen molar-refractivity contribution in [2.45, 2.75) is 26.3 Å². The Hall–Kier alpha value is -0.540. The highest BCUT2D eigenvalue weighted by Gasteiger charge is 2.09. The molecule has 1 rings (SSSR count). The topological polar surface area (TPSA) is 21.1 Å². The molecule has 0 N–H and O–H groups in total. The molecule has 1 aromatic rings. The summed E-state index contributed by atoms with van der Waals surface area (Å²) in [5.74, 6) is 1.83. The van der Waals surface area contributed by atoms with Crippen LogP contribution in [0.3, 0.4) is 0 Å². The predicted molar refractivity (Wildman–Crippen MR) is 64.3 cm³/mol. The third-order valence-electron chi connectivity index (χ3n) is 2.65. The molecule has 3 nitrogen and oxygen atoms in total. The summed E-state index contributed by atoms with van der Waals surface area (Å²) in [4.78, 5) is 6.69. The SMILES string of the molecule is CC(C)N(CCCl)CCc1nccn1C. The lowest BCUT2D eigenvalue weighted by atomic mass is 10.3. The third-order valence-corrected chi connectivity index (χ3v) is 2.81. The molecule has 86 valence electrons. The summed E-state index contributed by atoms with van der Waals surface area (Å²) in [7, 11) is 2.03. The predicted octanol–water partition coefficient (Wildman–Crippen LogP) is 1.91. The van der Waals surface area contributed by atoms with E-state index in [1.54, 1.807) is 0 Å². The van der Waals surface area contributed by atoms with Gasteiger partial charge >= 0.3 is 0 Å². The number of aromatic nitrogens is 2. The molecule has 0 bridgehead atoms. The molecule has 0 saturated carbocycles. The maximum Gasteiger partial charge on any atom is 0.109 e. The van der Waals surface area contributed by atoms with Gasteiger partial charge in [0.25, 0.3) is 0 Å². The highest BCUT2D eigenvalue weighted by atomic mass is 35.5. The molecule has 1 aromatic heterocycles. The molecule has 0 fully saturated rings. The summed E-state index contributed by atoms with van der Waals surface area (Å²) < 4.78 is 2.07. The average molecular weight is 230 g/mol. The monoisotopic (exact) mass is 229 g/mol. The van der Waals surface area contributed by atoms with Gasteiger partial charge in [0.1, 0.15) is 5.82 Å². The molecule has 0 spiro atoms. The first-order chi connectivity index (χ1) is 7.15. The fourth-order valence-electron chi connectivity index (χ4n) is 1.62. The lowest BCUT2D eigenvalue weighted by molar-refractivity contribution is 0.236. The zero-order valence-electron chi connectivity index (χ0n) is 9.78. The van der Waals surface area contributed by atoms with Gasteiger partial charge in [-0.1, -0.05) is 0 Å². The van der Waals surface area contributed by atoms with Crippen LogP contribution in [-0.2, 0) is 13.5 Å². The first kappa shape index (κ1) is 12.5. The maximum absolute atomic E-state index is 5.77. The van der Waals surface area contributed by atoms with Gasteiger partial charge in [-0.25, -0.2) is 4.98 Å². The number of imidazole rings is 1. The zero-order valence-corrected chi connectivity index (χ0v) is 10.5. The smallest absolute Gasteiger partial charge is 0.109 e. The highest BCUT2D eigenvalue weighted by molar-refractivity contribution is 6.18. The molecule has 0 aliphatic rings. The Balaban J connectivity index is 2.43. The fraction of sp³-hybridized carbons (Fsp3) is 0.727. The molecule has 0 saturated heterocycles. The number of rotatable bonds is 6. The van der Waals surface area contributed by atoms with Gasteiger partial charge in [-0.3, -0.25) is 4.90 Å². The Morgan fingerprint density at radius 3 is 2.67 bits per heavy atom. The van der Waals surface area contributed by atoms with Gasteiger partial charge in [-0.15, -0.1) is 11.6 Å². The van der Waals surface area contributed by atoms with Gasteiger partial charge in [-0.05, 0) is 13.8 Å². The molecule has 15 heavy (non-hydrogen) atoms. The van der Waals surface area contributed by atoms with Crippen molar-refractivity contribution in [3.8, 4) is 0 Å². The Labute approximate surface area is 97.1 Å². The Morgan fingerprint density at radius 1 is 1.47 bits per heavy atom. The van der Waals surface area contributed by atoms with Gasteiger partial charge < -0.3 is 4.57 Å². The molecule has 0 aromatic carbocycles. The van der Waals surface area contributed by atoms with Gasteiger partial charge in [-0.2, -0.15) is 0 Å². The molecule has 1 heterocycles. The lowest BCUT2D eigenvalue weighted by Gasteiger charge is -2.25. The van der Waals surface area contributed by atoms with E-state index in [2.05, 4.69) is 28.3 Å². The summed E-state index contributed by atoms with van der Waals surface area (Å²) in [6.45, 7) is 6.37. The van der Waals surface area contributed by atoms with Crippen LogP contribution in [-0.4, -0.2) is 39.5 Å². The van der Waals surface area contributed by atoms with Gasteiger partial charge in [0.2, 0.25) is 0 Å². The van der Waals surface area contributed by atoms with E-state index in [9.17, 15) is 0 Å². The van der Waals surface area contributed by atoms with Crippen LogP contribution in [0.25, 0.3) is 0 Å². The average Bonchev–Trinajstić information content (AvgIpc) is 2.58. The van der Waals surface area contributed by atoms with Crippen LogP contribution in [0.1, 0.15) is 19.7 Å². The van der Waals surface area contributed by atoms with Crippen molar-refractivity contribution in [2.75, 3.05) is 19.0 Å². The number of alkyl halides is 1. The zero-order chi connectivity index (χ0) is 11.3. The number of hydrogen-bond acceptors (Lipinski definition) is 2. The minimum Gasteiger partial charge on any atom is -0.338 e. The van der Waals surface area contributed by atoms with E-state index >= 15 is 0 Å². The van der Waals surface area contributed by atoms with Crippen molar-refractivity contribution in [1.29, 1.82) is 0 Å². The van der Waals surface area contributed by atoms with E-state index in [1.807, 2.05) is 19.4 Å². The summed E-state index contributed by atoms with van der Waals surface area (Å²) in [6.07, 6.45) is 4.81. The minimum absolute atomic E-state index is 0.545. The number of hydrogen-bond donors (Lipinski definition) is 0. The van der Waals surface area contributed by atoms with Crippen molar-refractivity contribution in [3.63, 3.8) is 0 Å². The third kappa shape index (κ3) is 3.84. The molecule has 0 amide bonds. The number of aryl methyl sites for hydroxylation is 1. The Bertz CT molecular complexity index is 283. The summed E-state index contributed by atoms with van der Waals surface area (Å²) in [6, 6.07) is 0.545. The Morgan fingerprint density at radius 2 is 2.20 bits per heavy atom. The molecule has 0 aliphatic heterocycles. The van der Waals surface area contributed by atoms with Crippen molar-refractivity contribution < 1.29 is 0 Å². The minimum atomic E-state index is 0.545. The largest absolute Gasteiger partial charge is 0.338 e. The molecule has 0 aliphatic carbocycles. The molecule has 0 radical (unpaired) electrons. The van der Waals surface area contributed by atoms with Crippen LogP contribution in [0.15, 0.2) is 12.4 Å². The quantitative estimate of drug-likeness (QED) is 0.695.